The number of benzene rings is 1. The fourth-order valence-electron chi connectivity index (χ4n) is 1.67. The Bertz CT molecular complexity index is 273. The standard InChI is InChI=1S/C13H22N2/c1-5-12(14-2)10-11-6-8-13(9-7-11)15(3)4/h6-9,12,14H,5,10H2,1-4H3. The van der Waals surface area contributed by atoms with E-state index in [4.69, 9.17) is 0 Å². The minimum Gasteiger partial charge on any atom is -0.378 e. The molecule has 0 heterocycles. The Hall–Kier alpha value is -1.02. The van der Waals surface area contributed by atoms with Crippen molar-refractivity contribution in [1.29, 1.82) is 0 Å². The van der Waals surface area contributed by atoms with Crippen molar-refractivity contribution in [3.8, 4) is 0 Å². The lowest BCUT2D eigenvalue weighted by Crippen LogP contribution is -2.26. The molecule has 0 fully saturated rings. The number of hydrogen-bond acceptors (Lipinski definition) is 2. The molecule has 0 radical (unpaired) electrons. The summed E-state index contributed by atoms with van der Waals surface area (Å²) in [5, 5.41) is 3.33. The lowest BCUT2D eigenvalue weighted by molar-refractivity contribution is 0.543. The molecule has 0 spiro atoms. The van der Waals surface area contributed by atoms with E-state index in [1.165, 1.54) is 17.7 Å². The van der Waals surface area contributed by atoms with Crippen LogP contribution in [0.15, 0.2) is 24.3 Å². The van der Waals surface area contributed by atoms with Crippen LogP contribution in [0.3, 0.4) is 0 Å². The first-order valence-corrected chi connectivity index (χ1v) is 5.61. The molecule has 1 unspecified atom stereocenters. The van der Waals surface area contributed by atoms with Crippen LogP contribution in [0.5, 0.6) is 0 Å². The first kappa shape index (κ1) is 12.1. The molecule has 84 valence electrons. The summed E-state index contributed by atoms with van der Waals surface area (Å²) < 4.78 is 0. The SMILES string of the molecule is CCC(Cc1ccc(N(C)C)cc1)NC. The summed E-state index contributed by atoms with van der Waals surface area (Å²) in [6.45, 7) is 2.22. The summed E-state index contributed by atoms with van der Waals surface area (Å²) >= 11 is 0. The van der Waals surface area contributed by atoms with E-state index in [0.717, 1.165) is 6.42 Å². The molecule has 2 heteroatoms. The van der Waals surface area contributed by atoms with E-state index in [0.29, 0.717) is 6.04 Å². The molecular weight excluding hydrogens is 184 g/mol. The number of anilines is 1. The van der Waals surface area contributed by atoms with Gasteiger partial charge in [-0.2, -0.15) is 0 Å². The van der Waals surface area contributed by atoms with E-state index in [9.17, 15) is 0 Å². The zero-order valence-corrected chi connectivity index (χ0v) is 10.2. The average Bonchev–Trinajstić information content (AvgIpc) is 2.26. The Kier molecular flexibility index (Phi) is 4.63. The van der Waals surface area contributed by atoms with Gasteiger partial charge < -0.3 is 10.2 Å². The van der Waals surface area contributed by atoms with E-state index >= 15 is 0 Å². The van der Waals surface area contributed by atoms with Gasteiger partial charge in [0.1, 0.15) is 0 Å². The van der Waals surface area contributed by atoms with Crippen LogP contribution in [0.2, 0.25) is 0 Å². The highest BCUT2D eigenvalue weighted by Gasteiger charge is 2.04. The summed E-state index contributed by atoms with van der Waals surface area (Å²) in [7, 11) is 6.16. The Morgan fingerprint density at radius 2 is 1.80 bits per heavy atom. The molecule has 1 N–H and O–H groups in total. The van der Waals surface area contributed by atoms with E-state index in [1.54, 1.807) is 0 Å². The largest absolute Gasteiger partial charge is 0.378 e. The fraction of sp³-hybridized carbons (Fsp3) is 0.538. The summed E-state index contributed by atoms with van der Waals surface area (Å²) in [5.74, 6) is 0. The zero-order valence-electron chi connectivity index (χ0n) is 10.2. The number of likely N-dealkylation sites (N-methyl/N-ethyl adjacent to an activating group) is 1. The van der Waals surface area contributed by atoms with Gasteiger partial charge in [-0.25, -0.2) is 0 Å². The Morgan fingerprint density at radius 1 is 1.20 bits per heavy atom. The van der Waals surface area contributed by atoms with Gasteiger partial charge >= 0.3 is 0 Å². The molecule has 1 aromatic rings. The highest BCUT2D eigenvalue weighted by atomic mass is 15.1. The quantitative estimate of drug-likeness (QED) is 0.795. The molecule has 1 atom stereocenters. The van der Waals surface area contributed by atoms with Gasteiger partial charge in [0.05, 0.1) is 0 Å². The summed E-state index contributed by atoms with van der Waals surface area (Å²) in [5.41, 5.74) is 2.66. The molecule has 0 aliphatic heterocycles. The van der Waals surface area contributed by atoms with E-state index in [-0.39, 0.29) is 0 Å². The Balaban J connectivity index is 2.63. The molecule has 0 saturated heterocycles. The van der Waals surface area contributed by atoms with E-state index in [2.05, 4.69) is 55.5 Å². The molecular formula is C13H22N2. The number of rotatable bonds is 5. The zero-order chi connectivity index (χ0) is 11.3. The predicted molar refractivity (Wildman–Crippen MR) is 67.6 cm³/mol. The van der Waals surface area contributed by atoms with Gasteiger partial charge in [-0.05, 0) is 37.6 Å². The van der Waals surface area contributed by atoms with Gasteiger partial charge in [-0.1, -0.05) is 19.1 Å². The molecule has 0 aromatic heterocycles. The fourth-order valence-corrected chi connectivity index (χ4v) is 1.67. The van der Waals surface area contributed by atoms with Crippen LogP contribution in [0.25, 0.3) is 0 Å². The van der Waals surface area contributed by atoms with Crippen molar-refractivity contribution < 1.29 is 0 Å². The topological polar surface area (TPSA) is 15.3 Å². The first-order chi connectivity index (χ1) is 7.17. The van der Waals surface area contributed by atoms with Gasteiger partial charge in [0, 0.05) is 25.8 Å². The maximum Gasteiger partial charge on any atom is 0.0361 e. The van der Waals surface area contributed by atoms with Crippen LogP contribution >= 0.6 is 0 Å². The van der Waals surface area contributed by atoms with Crippen molar-refractivity contribution in [3.05, 3.63) is 29.8 Å². The van der Waals surface area contributed by atoms with Crippen LogP contribution in [0.1, 0.15) is 18.9 Å². The third-order valence-electron chi connectivity index (χ3n) is 2.84. The van der Waals surface area contributed by atoms with E-state index in [1.807, 2.05) is 7.05 Å². The average molecular weight is 206 g/mol. The Morgan fingerprint density at radius 3 is 2.20 bits per heavy atom. The molecule has 2 nitrogen and oxygen atoms in total. The maximum absolute atomic E-state index is 3.33. The number of nitrogens with zero attached hydrogens (tertiary/aromatic N) is 1. The molecule has 1 aromatic carbocycles. The minimum atomic E-state index is 0.593. The van der Waals surface area contributed by atoms with Crippen molar-refractivity contribution in [2.45, 2.75) is 25.8 Å². The third kappa shape index (κ3) is 3.56. The van der Waals surface area contributed by atoms with Crippen LogP contribution in [0, 0.1) is 0 Å². The van der Waals surface area contributed by atoms with E-state index < -0.39 is 0 Å². The summed E-state index contributed by atoms with van der Waals surface area (Å²) in [6.07, 6.45) is 2.28. The van der Waals surface area contributed by atoms with Crippen molar-refractivity contribution in [2.75, 3.05) is 26.0 Å². The lowest BCUT2D eigenvalue weighted by atomic mass is 10.0. The van der Waals surface area contributed by atoms with Crippen LogP contribution in [0.4, 0.5) is 5.69 Å². The second-order valence-electron chi connectivity index (χ2n) is 4.16. The highest BCUT2D eigenvalue weighted by molar-refractivity contribution is 5.46. The minimum absolute atomic E-state index is 0.593. The molecule has 15 heavy (non-hydrogen) atoms. The normalized spacial score (nSPS) is 12.5. The predicted octanol–water partition coefficient (Wildman–Crippen LogP) is 2.29. The van der Waals surface area contributed by atoms with Gasteiger partial charge in [0.15, 0.2) is 0 Å². The molecule has 0 saturated carbocycles. The van der Waals surface area contributed by atoms with Gasteiger partial charge in [-0.15, -0.1) is 0 Å². The maximum atomic E-state index is 3.33. The second kappa shape index (κ2) is 5.76. The smallest absolute Gasteiger partial charge is 0.0361 e. The van der Waals surface area contributed by atoms with Crippen LogP contribution in [-0.2, 0) is 6.42 Å². The molecule has 1 rings (SSSR count). The first-order valence-electron chi connectivity index (χ1n) is 5.61. The molecule has 0 amide bonds. The number of nitrogens with one attached hydrogen (secondary N) is 1. The van der Waals surface area contributed by atoms with Crippen molar-refractivity contribution in [2.24, 2.45) is 0 Å². The van der Waals surface area contributed by atoms with Gasteiger partial charge in [0.2, 0.25) is 0 Å². The van der Waals surface area contributed by atoms with Crippen molar-refractivity contribution >= 4 is 5.69 Å². The van der Waals surface area contributed by atoms with Crippen molar-refractivity contribution in [1.82, 2.24) is 5.32 Å². The van der Waals surface area contributed by atoms with Gasteiger partial charge in [-0.3, -0.25) is 0 Å². The monoisotopic (exact) mass is 206 g/mol. The Labute approximate surface area is 93.3 Å². The lowest BCUT2D eigenvalue weighted by Gasteiger charge is -2.16. The summed E-state index contributed by atoms with van der Waals surface area (Å²) in [6, 6.07) is 9.38. The number of hydrogen-bond donors (Lipinski definition) is 1. The van der Waals surface area contributed by atoms with Crippen molar-refractivity contribution in [3.63, 3.8) is 0 Å². The van der Waals surface area contributed by atoms with Crippen LogP contribution in [-0.4, -0.2) is 27.2 Å². The van der Waals surface area contributed by atoms with Crippen LogP contribution < -0.4 is 10.2 Å². The summed E-state index contributed by atoms with van der Waals surface area (Å²) in [4.78, 5) is 2.12. The molecule has 0 bridgehead atoms. The molecule has 0 aliphatic rings. The molecule has 0 aliphatic carbocycles. The highest BCUT2D eigenvalue weighted by Crippen LogP contribution is 2.13. The second-order valence-corrected chi connectivity index (χ2v) is 4.16. The van der Waals surface area contributed by atoms with Gasteiger partial charge in [0.25, 0.3) is 0 Å². The third-order valence-corrected chi connectivity index (χ3v) is 2.84.